The number of nitrogens with zero attached hydrogens (tertiary/aromatic N) is 2. The van der Waals surface area contributed by atoms with Crippen LogP contribution in [0.15, 0.2) is 146 Å². The Hall–Kier alpha value is -6.14. The van der Waals surface area contributed by atoms with Gasteiger partial charge in [0.15, 0.2) is 0 Å². The minimum absolute atomic E-state index is 0.118. The van der Waals surface area contributed by atoms with E-state index in [1.807, 2.05) is 54.7 Å². The highest BCUT2D eigenvalue weighted by Crippen LogP contribution is 2.38. The lowest BCUT2D eigenvalue weighted by Gasteiger charge is -2.33. The van der Waals surface area contributed by atoms with E-state index >= 15 is 0 Å². The molecule has 7 aromatic rings. The molecule has 0 amide bonds. The molecule has 6 heteroatoms. The second-order valence-electron chi connectivity index (χ2n) is 12.8. The summed E-state index contributed by atoms with van der Waals surface area (Å²) >= 11 is 0. The van der Waals surface area contributed by atoms with Gasteiger partial charge in [0.2, 0.25) is 5.88 Å². The topological polar surface area (TPSA) is 53.5 Å². The SMILES string of the molecule is CC(C)c1ccnc(-c2ccc3c(c2)B2c4cc(Oc5cc(-c6ccccc6-c6ccccc6)ccn5)ccc4Oc4cccc(c42)O3)c1. The lowest BCUT2D eigenvalue weighted by atomic mass is 9.34. The normalized spacial score (nSPS) is 12.3. The molecule has 0 saturated carbocycles. The Morgan fingerprint density at radius 1 is 0.551 bits per heavy atom. The second-order valence-corrected chi connectivity index (χ2v) is 12.8. The average Bonchev–Trinajstić information content (AvgIpc) is 3.15. The summed E-state index contributed by atoms with van der Waals surface area (Å²) in [4.78, 5) is 9.33. The molecule has 4 heterocycles. The van der Waals surface area contributed by atoms with Crippen LogP contribution in [0.4, 0.5) is 0 Å². The Balaban J connectivity index is 1.10. The zero-order valence-electron chi connectivity index (χ0n) is 27.1. The van der Waals surface area contributed by atoms with Gasteiger partial charge in [-0.05, 0) is 111 Å². The smallest absolute Gasteiger partial charge is 0.260 e. The number of rotatable bonds is 6. The van der Waals surface area contributed by atoms with Crippen LogP contribution in [0.25, 0.3) is 33.5 Å². The van der Waals surface area contributed by atoms with Crippen molar-refractivity contribution in [1.82, 2.24) is 9.97 Å². The van der Waals surface area contributed by atoms with Crippen LogP contribution in [0, 0.1) is 0 Å². The predicted octanol–water partition coefficient (Wildman–Crippen LogP) is 9.12. The quantitative estimate of drug-likeness (QED) is 0.171. The molecule has 0 spiro atoms. The van der Waals surface area contributed by atoms with E-state index in [2.05, 4.69) is 104 Å². The molecule has 234 valence electrons. The molecule has 49 heavy (non-hydrogen) atoms. The first-order valence-electron chi connectivity index (χ1n) is 16.6. The summed E-state index contributed by atoms with van der Waals surface area (Å²) in [5.41, 5.74) is 10.8. The third kappa shape index (κ3) is 5.22. The average molecular weight is 635 g/mol. The lowest BCUT2D eigenvalue weighted by Crippen LogP contribution is -2.57. The van der Waals surface area contributed by atoms with E-state index in [0.717, 1.165) is 72.9 Å². The van der Waals surface area contributed by atoms with Crippen LogP contribution in [0.3, 0.4) is 0 Å². The maximum atomic E-state index is 6.49. The molecule has 0 fully saturated rings. The highest BCUT2D eigenvalue weighted by molar-refractivity contribution is 6.98. The summed E-state index contributed by atoms with van der Waals surface area (Å²) in [6.07, 6.45) is 3.69. The second kappa shape index (κ2) is 11.8. The lowest BCUT2D eigenvalue weighted by molar-refractivity contribution is 0.454. The number of fused-ring (bicyclic) bond motifs is 4. The molecule has 5 nitrogen and oxygen atoms in total. The Morgan fingerprint density at radius 2 is 1.24 bits per heavy atom. The third-order valence-corrected chi connectivity index (χ3v) is 9.39. The van der Waals surface area contributed by atoms with Crippen LogP contribution in [0.2, 0.25) is 0 Å². The maximum absolute atomic E-state index is 6.49. The van der Waals surface area contributed by atoms with E-state index in [9.17, 15) is 0 Å². The van der Waals surface area contributed by atoms with Crippen molar-refractivity contribution in [3.8, 4) is 68.1 Å². The van der Waals surface area contributed by atoms with Crippen molar-refractivity contribution < 1.29 is 14.2 Å². The van der Waals surface area contributed by atoms with Gasteiger partial charge in [0.25, 0.3) is 6.71 Å². The highest BCUT2D eigenvalue weighted by Gasteiger charge is 2.40. The molecular formula is C43H31BN2O3. The number of aromatic nitrogens is 2. The van der Waals surface area contributed by atoms with Crippen LogP contribution in [0.1, 0.15) is 25.3 Å². The zero-order chi connectivity index (χ0) is 32.9. The van der Waals surface area contributed by atoms with Gasteiger partial charge in [-0.15, -0.1) is 0 Å². The largest absolute Gasteiger partial charge is 0.458 e. The summed E-state index contributed by atoms with van der Waals surface area (Å²) in [6, 6.07) is 45.5. The molecule has 0 aliphatic carbocycles. The summed E-state index contributed by atoms with van der Waals surface area (Å²) in [5, 5.41) is 0. The predicted molar refractivity (Wildman–Crippen MR) is 197 cm³/mol. The van der Waals surface area contributed by atoms with Gasteiger partial charge >= 0.3 is 0 Å². The van der Waals surface area contributed by atoms with E-state index < -0.39 is 0 Å². The van der Waals surface area contributed by atoms with Gasteiger partial charge in [0.05, 0.1) is 5.69 Å². The first kappa shape index (κ1) is 29.0. The van der Waals surface area contributed by atoms with Gasteiger partial charge < -0.3 is 14.2 Å². The Labute approximate surface area is 285 Å². The molecule has 2 aliphatic rings. The Kier molecular flexibility index (Phi) is 7.01. The van der Waals surface area contributed by atoms with Crippen molar-refractivity contribution in [2.24, 2.45) is 0 Å². The van der Waals surface area contributed by atoms with Crippen LogP contribution in [0.5, 0.6) is 34.6 Å². The van der Waals surface area contributed by atoms with Crippen molar-refractivity contribution in [1.29, 1.82) is 0 Å². The first-order valence-corrected chi connectivity index (χ1v) is 16.6. The van der Waals surface area contributed by atoms with Crippen LogP contribution >= 0.6 is 0 Å². The number of benzene rings is 5. The van der Waals surface area contributed by atoms with E-state index in [-0.39, 0.29) is 6.71 Å². The zero-order valence-corrected chi connectivity index (χ0v) is 27.1. The van der Waals surface area contributed by atoms with Gasteiger partial charge in [-0.25, -0.2) is 4.98 Å². The first-order chi connectivity index (χ1) is 24.1. The van der Waals surface area contributed by atoms with Crippen LogP contribution in [-0.4, -0.2) is 16.7 Å². The minimum Gasteiger partial charge on any atom is -0.458 e. The summed E-state index contributed by atoms with van der Waals surface area (Å²) < 4.78 is 19.4. The molecule has 0 unspecified atom stereocenters. The van der Waals surface area contributed by atoms with Gasteiger partial charge in [0, 0.05) is 23.9 Å². The molecule has 0 atom stereocenters. The highest BCUT2D eigenvalue weighted by atomic mass is 16.5. The van der Waals surface area contributed by atoms with Gasteiger partial charge in [-0.1, -0.05) is 80.6 Å². The van der Waals surface area contributed by atoms with Crippen molar-refractivity contribution in [2.75, 3.05) is 0 Å². The fourth-order valence-corrected chi connectivity index (χ4v) is 6.96. The molecule has 0 saturated heterocycles. The van der Waals surface area contributed by atoms with E-state index in [4.69, 9.17) is 19.2 Å². The van der Waals surface area contributed by atoms with Crippen molar-refractivity contribution in [3.05, 3.63) is 151 Å². The van der Waals surface area contributed by atoms with Gasteiger partial charge in [0.1, 0.15) is 28.7 Å². The number of hydrogen-bond donors (Lipinski definition) is 0. The molecule has 0 bridgehead atoms. The van der Waals surface area contributed by atoms with Crippen molar-refractivity contribution in [3.63, 3.8) is 0 Å². The minimum atomic E-state index is -0.118. The van der Waals surface area contributed by atoms with Crippen LogP contribution in [-0.2, 0) is 0 Å². The summed E-state index contributed by atoms with van der Waals surface area (Å²) in [6.45, 7) is 4.28. The Bertz CT molecular complexity index is 2360. The van der Waals surface area contributed by atoms with E-state index in [1.165, 1.54) is 5.56 Å². The molecular weight excluding hydrogens is 603 g/mol. The van der Waals surface area contributed by atoms with E-state index in [1.54, 1.807) is 6.20 Å². The standard InChI is InChI=1S/C43H31BN2O3/c1-27(2)29-19-21-45-37(24-29)31-15-17-38-35(23-31)44-36-26-32(16-18-39(36)49-41-14-8-13-40(48-38)43(41)44)47-42-25-30(20-22-46-42)34-12-7-6-11-33(34)28-9-4-3-5-10-28/h3-27H,1-2H3. The van der Waals surface area contributed by atoms with E-state index in [0.29, 0.717) is 17.5 Å². The molecule has 2 aliphatic heterocycles. The van der Waals surface area contributed by atoms with Crippen molar-refractivity contribution >= 4 is 23.1 Å². The monoisotopic (exact) mass is 634 g/mol. The van der Waals surface area contributed by atoms with Crippen LogP contribution < -0.4 is 30.6 Å². The maximum Gasteiger partial charge on any atom is 0.260 e. The fourth-order valence-electron chi connectivity index (χ4n) is 6.96. The molecule has 9 rings (SSSR count). The van der Waals surface area contributed by atoms with Crippen molar-refractivity contribution in [2.45, 2.75) is 19.8 Å². The molecule has 2 aromatic heterocycles. The van der Waals surface area contributed by atoms with Gasteiger partial charge in [-0.3, -0.25) is 4.98 Å². The number of pyridine rings is 2. The fraction of sp³-hybridized carbons (Fsp3) is 0.0698. The Morgan fingerprint density at radius 3 is 2.02 bits per heavy atom. The summed E-state index contributed by atoms with van der Waals surface area (Å²) in [5.74, 6) is 4.82. The summed E-state index contributed by atoms with van der Waals surface area (Å²) in [7, 11) is 0. The number of ether oxygens (including phenoxy) is 3. The third-order valence-electron chi connectivity index (χ3n) is 9.39. The molecule has 0 radical (unpaired) electrons. The van der Waals surface area contributed by atoms with Gasteiger partial charge in [-0.2, -0.15) is 0 Å². The molecule has 0 N–H and O–H groups in total. The molecule has 5 aromatic carbocycles. The number of hydrogen-bond acceptors (Lipinski definition) is 5.